The minimum Gasteiger partial charge on any atom is -0.497 e. The summed E-state index contributed by atoms with van der Waals surface area (Å²) >= 11 is 3.53. The van der Waals surface area contributed by atoms with Crippen molar-refractivity contribution in [2.75, 3.05) is 12.4 Å². The third-order valence-electron chi connectivity index (χ3n) is 3.60. The molecule has 0 amide bonds. The van der Waals surface area contributed by atoms with Gasteiger partial charge in [-0.2, -0.15) is 0 Å². The van der Waals surface area contributed by atoms with E-state index in [1.165, 1.54) is 16.8 Å². The van der Waals surface area contributed by atoms with Gasteiger partial charge in [0, 0.05) is 10.2 Å². The molecule has 19 heavy (non-hydrogen) atoms. The summed E-state index contributed by atoms with van der Waals surface area (Å²) in [5.74, 6) is 0.916. The standard InChI is InChI=1S/C16H16BrNO/c1-19-14-4-2-3-12(9-14)15-8-6-11-5-7-13(17)10-16(11)18-15/h2-5,7,9-10,15,18H,6,8H2,1H3. The zero-order chi connectivity index (χ0) is 13.2. The van der Waals surface area contributed by atoms with E-state index in [1.807, 2.05) is 12.1 Å². The SMILES string of the molecule is COc1cccc(C2CCc3ccc(Br)cc3N2)c1. The second-order valence-corrected chi connectivity index (χ2v) is 5.73. The monoisotopic (exact) mass is 317 g/mol. The molecule has 1 N–H and O–H groups in total. The van der Waals surface area contributed by atoms with Crippen molar-refractivity contribution in [2.24, 2.45) is 0 Å². The Morgan fingerprint density at radius 1 is 1.21 bits per heavy atom. The minimum absolute atomic E-state index is 0.358. The fourth-order valence-corrected chi connectivity index (χ4v) is 2.93. The molecular formula is C16H16BrNO. The first-order valence-corrected chi connectivity index (χ1v) is 7.24. The maximum atomic E-state index is 5.30. The molecule has 3 heteroatoms. The summed E-state index contributed by atoms with van der Waals surface area (Å²) in [6, 6.07) is 15.1. The number of hydrogen-bond acceptors (Lipinski definition) is 2. The van der Waals surface area contributed by atoms with Gasteiger partial charge in [-0.1, -0.05) is 34.1 Å². The Balaban J connectivity index is 1.88. The molecule has 98 valence electrons. The first-order valence-electron chi connectivity index (χ1n) is 6.45. The van der Waals surface area contributed by atoms with Crippen LogP contribution in [0.15, 0.2) is 46.9 Å². The van der Waals surface area contributed by atoms with Gasteiger partial charge in [0.25, 0.3) is 0 Å². The second kappa shape index (κ2) is 5.25. The van der Waals surface area contributed by atoms with Gasteiger partial charge in [-0.25, -0.2) is 0 Å². The fraction of sp³-hybridized carbons (Fsp3) is 0.250. The van der Waals surface area contributed by atoms with Crippen LogP contribution in [0, 0.1) is 0 Å². The van der Waals surface area contributed by atoms with Gasteiger partial charge >= 0.3 is 0 Å². The maximum absolute atomic E-state index is 5.30. The lowest BCUT2D eigenvalue weighted by molar-refractivity contribution is 0.414. The van der Waals surface area contributed by atoms with Crippen molar-refractivity contribution in [2.45, 2.75) is 18.9 Å². The number of fused-ring (bicyclic) bond motifs is 1. The summed E-state index contributed by atoms with van der Waals surface area (Å²) in [4.78, 5) is 0. The predicted octanol–water partition coefficient (Wildman–Crippen LogP) is 4.56. The number of halogens is 1. The number of ether oxygens (including phenoxy) is 1. The van der Waals surface area contributed by atoms with Gasteiger partial charge in [0.2, 0.25) is 0 Å². The normalized spacial score (nSPS) is 17.5. The zero-order valence-corrected chi connectivity index (χ0v) is 12.4. The minimum atomic E-state index is 0.358. The predicted molar refractivity (Wildman–Crippen MR) is 81.8 cm³/mol. The average Bonchev–Trinajstić information content (AvgIpc) is 2.46. The van der Waals surface area contributed by atoms with E-state index in [0.717, 1.165) is 23.1 Å². The van der Waals surface area contributed by atoms with Crippen LogP contribution in [0.2, 0.25) is 0 Å². The number of benzene rings is 2. The molecule has 1 aliphatic rings. The highest BCUT2D eigenvalue weighted by atomic mass is 79.9. The molecule has 0 saturated carbocycles. The Morgan fingerprint density at radius 2 is 2.11 bits per heavy atom. The Bertz CT molecular complexity index is 597. The van der Waals surface area contributed by atoms with Crippen molar-refractivity contribution >= 4 is 21.6 Å². The first kappa shape index (κ1) is 12.5. The third kappa shape index (κ3) is 2.61. The molecule has 0 spiro atoms. The molecule has 0 radical (unpaired) electrons. The number of methoxy groups -OCH3 is 1. The lowest BCUT2D eigenvalue weighted by atomic mass is 9.93. The molecule has 2 aromatic carbocycles. The summed E-state index contributed by atoms with van der Waals surface area (Å²) in [5, 5.41) is 3.62. The quantitative estimate of drug-likeness (QED) is 0.876. The average molecular weight is 318 g/mol. The van der Waals surface area contributed by atoms with Crippen LogP contribution in [0.5, 0.6) is 5.75 Å². The summed E-state index contributed by atoms with van der Waals surface area (Å²) < 4.78 is 6.41. The van der Waals surface area contributed by atoms with Crippen molar-refractivity contribution in [1.29, 1.82) is 0 Å². The molecule has 2 nitrogen and oxygen atoms in total. The smallest absolute Gasteiger partial charge is 0.119 e. The molecule has 1 unspecified atom stereocenters. The van der Waals surface area contributed by atoms with Crippen LogP contribution in [0.25, 0.3) is 0 Å². The van der Waals surface area contributed by atoms with E-state index >= 15 is 0 Å². The van der Waals surface area contributed by atoms with Crippen LogP contribution >= 0.6 is 15.9 Å². The highest BCUT2D eigenvalue weighted by Crippen LogP contribution is 2.34. The van der Waals surface area contributed by atoms with Crippen molar-refractivity contribution in [3.05, 3.63) is 58.1 Å². The number of nitrogens with one attached hydrogen (secondary N) is 1. The highest BCUT2D eigenvalue weighted by molar-refractivity contribution is 9.10. The van der Waals surface area contributed by atoms with Gasteiger partial charge in [-0.3, -0.25) is 0 Å². The largest absolute Gasteiger partial charge is 0.497 e. The van der Waals surface area contributed by atoms with Crippen LogP contribution in [0.3, 0.4) is 0 Å². The van der Waals surface area contributed by atoms with E-state index in [0.29, 0.717) is 6.04 Å². The molecule has 1 heterocycles. The van der Waals surface area contributed by atoms with Gasteiger partial charge in [0.05, 0.1) is 13.2 Å². The summed E-state index contributed by atoms with van der Waals surface area (Å²) in [7, 11) is 1.71. The molecule has 1 atom stereocenters. The van der Waals surface area contributed by atoms with Crippen LogP contribution in [-0.4, -0.2) is 7.11 Å². The van der Waals surface area contributed by atoms with Crippen molar-refractivity contribution in [3.8, 4) is 5.75 Å². The van der Waals surface area contributed by atoms with Gasteiger partial charge in [0.1, 0.15) is 5.75 Å². The number of hydrogen-bond donors (Lipinski definition) is 1. The van der Waals surface area contributed by atoms with Crippen LogP contribution in [-0.2, 0) is 6.42 Å². The lowest BCUT2D eigenvalue weighted by Crippen LogP contribution is -2.17. The first-order chi connectivity index (χ1) is 9.26. The molecule has 0 aromatic heterocycles. The number of aryl methyl sites for hydroxylation is 1. The van der Waals surface area contributed by atoms with E-state index in [4.69, 9.17) is 4.74 Å². The maximum Gasteiger partial charge on any atom is 0.119 e. The van der Waals surface area contributed by atoms with Crippen molar-refractivity contribution in [3.63, 3.8) is 0 Å². The lowest BCUT2D eigenvalue weighted by Gasteiger charge is -2.27. The van der Waals surface area contributed by atoms with Crippen molar-refractivity contribution in [1.82, 2.24) is 0 Å². The van der Waals surface area contributed by atoms with Gasteiger partial charge in [0.15, 0.2) is 0 Å². The molecule has 0 bridgehead atoms. The molecule has 1 aliphatic heterocycles. The van der Waals surface area contributed by atoms with E-state index < -0.39 is 0 Å². The van der Waals surface area contributed by atoms with Gasteiger partial charge < -0.3 is 10.1 Å². The molecule has 0 saturated heterocycles. The van der Waals surface area contributed by atoms with E-state index in [2.05, 4.69) is 51.6 Å². The van der Waals surface area contributed by atoms with Gasteiger partial charge in [-0.15, -0.1) is 0 Å². The van der Waals surface area contributed by atoms with Crippen LogP contribution in [0.4, 0.5) is 5.69 Å². The molecular weight excluding hydrogens is 302 g/mol. The van der Waals surface area contributed by atoms with Crippen molar-refractivity contribution < 1.29 is 4.74 Å². The van der Waals surface area contributed by atoms with Crippen LogP contribution in [0.1, 0.15) is 23.6 Å². The summed E-state index contributed by atoms with van der Waals surface area (Å²) in [6.45, 7) is 0. The zero-order valence-electron chi connectivity index (χ0n) is 10.8. The topological polar surface area (TPSA) is 21.3 Å². The molecule has 2 aromatic rings. The Morgan fingerprint density at radius 3 is 2.95 bits per heavy atom. The Kier molecular flexibility index (Phi) is 3.47. The molecule has 3 rings (SSSR count). The Hall–Kier alpha value is -1.48. The summed E-state index contributed by atoms with van der Waals surface area (Å²) in [5.41, 5.74) is 3.90. The van der Waals surface area contributed by atoms with E-state index in [9.17, 15) is 0 Å². The Labute approximate surface area is 121 Å². The molecule has 0 aliphatic carbocycles. The second-order valence-electron chi connectivity index (χ2n) is 4.81. The van der Waals surface area contributed by atoms with Gasteiger partial charge in [-0.05, 0) is 48.2 Å². The van der Waals surface area contributed by atoms with Crippen LogP contribution < -0.4 is 10.1 Å². The number of rotatable bonds is 2. The summed E-state index contributed by atoms with van der Waals surface area (Å²) in [6.07, 6.45) is 2.22. The number of anilines is 1. The highest BCUT2D eigenvalue weighted by Gasteiger charge is 2.19. The fourth-order valence-electron chi connectivity index (χ4n) is 2.57. The molecule has 0 fully saturated rings. The van der Waals surface area contributed by atoms with E-state index in [1.54, 1.807) is 7.11 Å². The van der Waals surface area contributed by atoms with E-state index in [-0.39, 0.29) is 0 Å². The third-order valence-corrected chi connectivity index (χ3v) is 4.09.